The molecule has 1 unspecified atom stereocenters. The molecule has 0 spiro atoms. The first kappa shape index (κ1) is 24.7. The highest BCUT2D eigenvalue weighted by Gasteiger charge is 2.25. The van der Waals surface area contributed by atoms with Gasteiger partial charge in [0.2, 0.25) is 0 Å². The number of hydrogen-bond donors (Lipinski definition) is 2. The third kappa shape index (κ3) is 5.01. The summed E-state index contributed by atoms with van der Waals surface area (Å²) in [4.78, 5) is 39.5. The maximum absolute atomic E-state index is 13.7. The van der Waals surface area contributed by atoms with Gasteiger partial charge >= 0.3 is 5.97 Å². The normalized spacial score (nSPS) is 15.0. The van der Waals surface area contributed by atoms with Crippen molar-refractivity contribution in [3.05, 3.63) is 110 Å². The van der Waals surface area contributed by atoms with Gasteiger partial charge in [0.15, 0.2) is 5.43 Å². The van der Waals surface area contributed by atoms with Crippen LogP contribution < -0.4 is 16.1 Å². The van der Waals surface area contributed by atoms with Crippen molar-refractivity contribution in [1.29, 1.82) is 0 Å². The number of rotatable bonds is 6. The highest BCUT2D eigenvalue weighted by Crippen LogP contribution is 2.26. The summed E-state index contributed by atoms with van der Waals surface area (Å²) in [5.74, 6) is -0.761. The molecule has 1 aliphatic rings. The highest BCUT2D eigenvalue weighted by atomic mass is 35.5. The van der Waals surface area contributed by atoms with Gasteiger partial charge < -0.3 is 19.9 Å². The molecule has 5 rings (SSSR count). The highest BCUT2D eigenvalue weighted by molar-refractivity contribution is 6.31. The third-order valence-electron chi connectivity index (χ3n) is 6.61. The van der Waals surface area contributed by atoms with Crippen LogP contribution in [-0.2, 0) is 11.2 Å². The van der Waals surface area contributed by atoms with E-state index in [2.05, 4.69) is 10.6 Å². The molecule has 37 heavy (non-hydrogen) atoms. The minimum Gasteiger partial charge on any atom is -0.464 e. The number of nitrogens with one attached hydrogen (secondary N) is 2. The van der Waals surface area contributed by atoms with E-state index in [4.69, 9.17) is 16.3 Å². The SMILES string of the molecule is COC(=O)c1c(Cc2ccc(C(=O)NC3CCNC3)cc2)c(=O)c2ccc(Cl)cc2n1-c1ccccc1. The van der Waals surface area contributed by atoms with Crippen molar-refractivity contribution in [1.82, 2.24) is 15.2 Å². The second kappa shape index (κ2) is 10.6. The van der Waals surface area contributed by atoms with E-state index in [9.17, 15) is 14.4 Å². The van der Waals surface area contributed by atoms with Gasteiger partial charge in [-0.2, -0.15) is 0 Å². The summed E-state index contributed by atoms with van der Waals surface area (Å²) >= 11 is 6.29. The average molecular weight is 516 g/mol. The van der Waals surface area contributed by atoms with Crippen LogP contribution in [0.5, 0.6) is 0 Å². The molecule has 1 saturated heterocycles. The molecule has 0 aliphatic carbocycles. The van der Waals surface area contributed by atoms with Crippen molar-refractivity contribution in [2.24, 2.45) is 0 Å². The number of nitrogens with zero attached hydrogens (tertiary/aromatic N) is 1. The predicted octanol–water partition coefficient (Wildman–Crippen LogP) is 4.11. The Morgan fingerprint density at radius 2 is 1.84 bits per heavy atom. The van der Waals surface area contributed by atoms with Gasteiger partial charge in [-0.05, 0) is 61.0 Å². The molecule has 1 amide bonds. The van der Waals surface area contributed by atoms with Crippen LogP contribution in [0.25, 0.3) is 16.6 Å². The van der Waals surface area contributed by atoms with Gasteiger partial charge in [0.1, 0.15) is 5.69 Å². The Morgan fingerprint density at radius 1 is 1.08 bits per heavy atom. The van der Waals surface area contributed by atoms with Crippen LogP contribution in [0.2, 0.25) is 5.02 Å². The van der Waals surface area contributed by atoms with E-state index in [0.717, 1.165) is 25.1 Å². The molecule has 1 atom stereocenters. The molecule has 1 aromatic heterocycles. The fourth-order valence-electron chi connectivity index (χ4n) is 4.75. The zero-order chi connectivity index (χ0) is 25.9. The zero-order valence-electron chi connectivity index (χ0n) is 20.3. The van der Waals surface area contributed by atoms with Crippen molar-refractivity contribution in [2.45, 2.75) is 18.9 Å². The molecular weight excluding hydrogens is 490 g/mol. The van der Waals surface area contributed by atoms with E-state index in [1.165, 1.54) is 7.11 Å². The summed E-state index contributed by atoms with van der Waals surface area (Å²) in [5, 5.41) is 7.15. The minimum absolute atomic E-state index is 0.123. The van der Waals surface area contributed by atoms with Crippen molar-refractivity contribution in [3.8, 4) is 5.69 Å². The number of pyridine rings is 1. The molecule has 4 aromatic rings. The van der Waals surface area contributed by atoms with E-state index in [1.54, 1.807) is 47.0 Å². The van der Waals surface area contributed by atoms with Gasteiger partial charge in [0, 0.05) is 46.2 Å². The Bertz CT molecular complexity index is 1530. The molecule has 2 heterocycles. The van der Waals surface area contributed by atoms with Crippen LogP contribution in [0.3, 0.4) is 0 Å². The van der Waals surface area contributed by atoms with Crippen LogP contribution in [0.4, 0.5) is 0 Å². The Hall–Kier alpha value is -3.94. The number of halogens is 1. The molecule has 0 bridgehead atoms. The zero-order valence-corrected chi connectivity index (χ0v) is 21.0. The van der Waals surface area contributed by atoms with Crippen LogP contribution in [0.1, 0.15) is 38.4 Å². The topological polar surface area (TPSA) is 89.4 Å². The number of carbonyl (C=O) groups excluding carboxylic acids is 2. The van der Waals surface area contributed by atoms with E-state index in [-0.39, 0.29) is 29.5 Å². The Labute approximate surface area is 219 Å². The number of benzene rings is 3. The molecule has 1 aliphatic heterocycles. The van der Waals surface area contributed by atoms with Crippen LogP contribution in [-0.4, -0.2) is 42.7 Å². The van der Waals surface area contributed by atoms with Crippen molar-refractivity contribution < 1.29 is 14.3 Å². The first-order valence-electron chi connectivity index (χ1n) is 12.1. The summed E-state index contributed by atoms with van der Waals surface area (Å²) in [5.41, 5.74) is 2.72. The van der Waals surface area contributed by atoms with Gasteiger partial charge in [-0.1, -0.05) is 41.9 Å². The lowest BCUT2D eigenvalue weighted by molar-refractivity contribution is 0.0589. The predicted molar refractivity (Wildman–Crippen MR) is 144 cm³/mol. The second-order valence-electron chi connectivity index (χ2n) is 9.02. The van der Waals surface area contributed by atoms with Gasteiger partial charge in [0.05, 0.1) is 12.6 Å². The van der Waals surface area contributed by atoms with E-state index in [1.807, 2.05) is 30.3 Å². The van der Waals surface area contributed by atoms with E-state index >= 15 is 0 Å². The summed E-state index contributed by atoms with van der Waals surface area (Å²) in [6, 6.07) is 21.5. The quantitative estimate of drug-likeness (QED) is 0.377. The summed E-state index contributed by atoms with van der Waals surface area (Å²) in [6.45, 7) is 1.66. The number of fused-ring (bicyclic) bond motifs is 1. The van der Waals surface area contributed by atoms with E-state index in [0.29, 0.717) is 32.7 Å². The number of aromatic nitrogens is 1. The average Bonchev–Trinajstić information content (AvgIpc) is 3.43. The number of hydrogen-bond acceptors (Lipinski definition) is 5. The Kier molecular flexibility index (Phi) is 7.08. The largest absolute Gasteiger partial charge is 0.464 e. The second-order valence-corrected chi connectivity index (χ2v) is 9.45. The van der Waals surface area contributed by atoms with Crippen LogP contribution in [0.15, 0.2) is 77.6 Å². The van der Waals surface area contributed by atoms with Gasteiger partial charge in [-0.3, -0.25) is 9.59 Å². The van der Waals surface area contributed by atoms with Crippen molar-refractivity contribution in [2.75, 3.05) is 20.2 Å². The van der Waals surface area contributed by atoms with Crippen LogP contribution in [0, 0.1) is 0 Å². The molecule has 2 N–H and O–H groups in total. The Balaban J connectivity index is 1.60. The summed E-state index contributed by atoms with van der Waals surface area (Å²) < 4.78 is 6.86. The molecule has 0 saturated carbocycles. The molecule has 8 heteroatoms. The fraction of sp³-hybridized carbons (Fsp3) is 0.207. The van der Waals surface area contributed by atoms with E-state index < -0.39 is 5.97 Å². The van der Waals surface area contributed by atoms with Crippen molar-refractivity contribution in [3.63, 3.8) is 0 Å². The lowest BCUT2D eigenvalue weighted by Gasteiger charge is -2.19. The molecule has 1 fully saturated rings. The Morgan fingerprint density at radius 3 is 2.51 bits per heavy atom. The number of ether oxygens (including phenoxy) is 1. The summed E-state index contributed by atoms with van der Waals surface area (Å²) in [6.07, 6.45) is 1.09. The molecule has 7 nitrogen and oxygen atoms in total. The van der Waals surface area contributed by atoms with Crippen LogP contribution >= 0.6 is 11.6 Å². The number of carbonyl (C=O) groups is 2. The lowest BCUT2D eigenvalue weighted by Crippen LogP contribution is -2.36. The standard InChI is InChI=1S/C29H26ClN3O4/c1-37-29(36)26-24(15-18-7-9-19(10-8-18)28(35)32-21-13-14-31-17-21)27(34)23-12-11-20(30)16-25(23)33(26)22-5-3-2-4-6-22/h2-12,16,21,31H,13-15,17H2,1H3,(H,32,35). The molecule has 0 radical (unpaired) electrons. The lowest BCUT2D eigenvalue weighted by atomic mass is 9.98. The van der Waals surface area contributed by atoms with Gasteiger partial charge in [0.25, 0.3) is 5.91 Å². The summed E-state index contributed by atoms with van der Waals surface area (Å²) in [7, 11) is 1.29. The maximum Gasteiger partial charge on any atom is 0.355 e. The smallest absolute Gasteiger partial charge is 0.355 e. The third-order valence-corrected chi connectivity index (χ3v) is 6.85. The van der Waals surface area contributed by atoms with Gasteiger partial charge in [-0.15, -0.1) is 0 Å². The van der Waals surface area contributed by atoms with Crippen molar-refractivity contribution >= 4 is 34.4 Å². The molecule has 3 aromatic carbocycles. The minimum atomic E-state index is -0.626. The number of esters is 1. The maximum atomic E-state index is 13.7. The monoisotopic (exact) mass is 515 g/mol. The van der Waals surface area contributed by atoms with Gasteiger partial charge in [-0.25, -0.2) is 4.79 Å². The first-order valence-corrected chi connectivity index (χ1v) is 12.5. The number of methoxy groups -OCH3 is 1. The number of amides is 1. The fourth-order valence-corrected chi connectivity index (χ4v) is 4.92. The first-order chi connectivity index (χ1) is 18.0. The molecular formula is C29H26ClN3O4. The number of para-hydroxylation sites is 1. The molecule has 188 valence electrons.